The van der Waals surface area contributed by atoms with E-state index in [4.69, 9.17) is 9.26 Å². The number of amides is 1. The third kappa shape index (κ3) is 4.13. The number of nitrogens with one attached hydrogen (secondary N) is 1. The van der Waals surface area contributed by atoms with Gasteiger partial charge in [0.15, 0.2) is 0 Å². The zero-order valence-electron chi connectivity index (χ0n) is 15.9. The van der Waals surface area contributed by atoms with E-state index in [1.165, 1.54) is 11.0 Å². The summed E-state index contributed by atoms with van der Waals surface area (Å²) in [6, 6.07) is 14.2. The van der Waals surface area contributed by atoms with Crippen LogP contribution in [0.25, 0.3) is 5.69 Å². The first-order valence-electron chi connectivity index (χ1n) is 8.89. The normalized spacial score (nSPS) is 10.7. The van der Waals surface area contributed by atoms with E-state index in [2.05, 4.69) is 26.0 Å². The Morgan fingerprint density at radius 2 is 2.03 bits per heavy atom. The molecule has 2 aromatic carbocycles. The van der Waals surface area contributed by atoms with Crippen molar-refractivity contribution in [3.8, 4) is 11.4 Å². The lowest BCUT2D eigenvalue weighted by Gasteiger charge is -2.09. The fourth-order valence-corrected chi connectivity index (χ4v) is 2.80. The standard InChI is InChI=1S/C20H18N6O3/c1-13-19(14(2)29-23-13)11-28-18-8-3-5-15(9-18)20(27)22-16-6-4-7-17(10-16)26-12-21-24-25-26/h3-10,12H,11H2,1-2H3,(H,22,27). The monoisotopic (exact) mass is 390 g/mol. The van der Waals surface area contributed by atoms with Crippen LogP contribution >= 0.6 is 0 Å². The molecule has 9 nitrogen and oxygen atoms in total. The second-order valence-electron chi connectivity index (χ2n) is 6.38. The number of tetrazole rings is 1. The first kappa shape index (κ1) is 18.4. The van der Waals surface area contributed by atoms with E-state index in [1.807, 2.05) is 26.0 Å². The van der Waals surface area contributed by atoms with Crippen LogP contribution in [0.2, 0.25) is 0 Å². The molecule has 2 heterocycles. The molecule has 0 unspecified atom stereocenters. The third-order valence-electron chi connectivity index (χ3n) is 4.38. The van der Waals surface area contributed by atoms with E-state index in [-0.39, 0.29) is 5.91 Å². The highest BCUT2D eigenvalue weighted by atomic mass is 16.5. The molecular weight excluding hydrogens is 372 g/mol. The number of anilines is 1. The van der Waals surface area contributed by atoms with Crippen molar-refractivity contribution in [3.63, 3.8) is 0 Å². The van der Waals surface area contributed by atoms with Crippen LogP contribution in [0.3, 0.4) is 0 Å². The van der Waals surface area contributed by atoms with Crippen LogP contribution in [-0.2, 0) is 6.61 Å². The second kappa shape index (κ2) is 7.93. The number of rotatable bonds is 6. The fourth-order valence-electron chi connectivity index (χ4n) is 2.80. The Balaban J connectivity index is 1.45. The molecule has 4 aromatic rings. The number of hydrogen-bond donors (Lipinski definition) is 1. The van der Waals surface area contributed by atoms with Gasteiger partial charge in [0.2, 0.25) is 0 Å². The number of aromatic nitrogens is 5. The van der Waals surface area contributed by atoms with Crippen molar-refractivity contribution < 1.29 is 14.1 Å². The fraction of sp³-hybridized carbons (Fsp3) is 0.150. The van der Waals surface area contributed by atoms with Crippen molar-refractivity contribution in [1.29, 1.82) is 0 Å². The molecule has 0 aliphatic carbocycles. The van der Waals surface area contributed by atoms with Crippen LogP contribution < -0.4 is 10.1 Å². The summed E-state index contributed by atoms with van der Waals surface area (Å²) < 4.78 is 12.5. The van der Waals surface area contributed by atoms with E-state index < -0.39 is 0 Å². The number of carbonyl (C=O) groups excluding carboxylic acids is 1. The minimum absolute atomic E-state index is 0.248. The molecule has 0 spiro atoms. The number of aryl methyl sites for hydroxylation is 2. The molecule has 9 heteroatoms. The molecule has 0 atom stereocenters. The van der Waals surface area contributed by atoms with E-state index in [0.29, 0.717) is 23.6 Å². The average Bonchev–Trinajstić information content (AvgIpc) is 3.38. The lowest BCUT2D eigenvalue weighted by Crippen LogP contribution is -2.12. The average molecular weight is 390 g/mol. The summed E-state index contributed by atoms with van der Waals surface area (Å²) in [5.74, 6) is 1.06. The molecule has 2 aromatic heterocycles. The summed E-state index contributed by atoms with van der Waals surface area (Å²) in [4.78, 5) is 12.7. The van der Waals surface area contributed by atoms with Gasteiger partial charge in [0.25, 0.3) is 5.91 Å². The quantitative estimate of drug-likeness (QED) is 0.539. The van der Waals surface area contributed by atoms with E-state index >= 15 is 0 Å². The highest BCUT2D eigenvalue weighted by molar-refractivity contribution is 6.04. The Morgan fingerprint density at radius 3 is 2.79 bits per heavy atom. The van der Waals surface area contributed by atoms with Crippen LogP contribution in [-0.4, -0.2) is 31.3 Å². The van der Waals surface area contributed by atoms with E-state index in [1.54, 1.807) is 36.4 Å². The SMILES string of the molecule is Cc1noc(C)c1COc1cccc(C(=O)Nc2cccc(-n3cnnn3)c2)c1. The van der Waals surface area contributed by atoms with Crippen molar-refractivity contribution in [1.82, 2.24) is 25.4 Å². The van der Waals surface area contributed by atoms with Crippen molar-refractivity contribution >= 4 is 11.6 Å². The number of nitrogens with zero attached hydrogens (tertiary/aromatic N) is 5. The summed E-state index contributed by atoms with van der Waals surface area (Å²) in [7, 11) is 0. The van der Waals surface area contributed by atoms with E-state index in [0.717, 1.165) is 22.7 Å². The van der Waals surface area contributed by atoms with Crippen LogP contribution in [0.1, 0.15) is 27.4 Å². The first-order chi connectivity index (χ1) is 14.1. The maximum absolute atomic E-state index is 12.7. The third-order valence-corrected chi connectivity index (χ3v) is 4.38. The van der Waals surface area contributed by atoms with Gasteiger partial charge in [-0.15, -0.1) is 5.10 Å². The van der Waals surface area contributed by atoms with Crippen molar-refractivity contribution in [3.05, 3.63) is 77.4 Å². The molecule has 0 saturated carbocycles. The Labute approximate surface area is 166 Å². The second-order valence-corrected chi connectivity index (χ2v) is 6.38. The predicted molar refractivity (Wildman–Crippen MR) is 104 cm³/mol. The van der Waals surface area contributed by atoms with Gasteiger partial charge in [0, 0.05) is 11.3 Å². The van der Waals surface area contributed by atoms with Crippen LogP contribution in [0, 0.1) is 13.8 Å². The van der Waals surface area contributed by atoms with Crippen LogP contribution in [0.15, 0.2) is 59.4 Å². The summed E-state index contributed by atoms with van der Waals surface area (Å²) in [6.45, 7) is 4.02. The highest BCUT2D eigenvalue weighted by Crippen LogP contribution is 2.20. The zero-order chi connectivity index (χ0) is 20.2. The molecule has 0 aliphatic rings. The molecule has 0 aliphatic heterocycles. The molecule has 0 saturated heterocycles. The Bertz CT molecular complexity index is 1120. The van der Waals surface area contributed by atoms with Crippen molar-refractivity contribution in [2.75, 3.05) is 5.32 Å². The summed E-state index contributed by atoms with van der Waals surface area (Å²) in [6.07, 6.45) is 1.49. The van der Waals surface area contributed by atoms with Gasteiger partial charge in [-0.25, -0.2) is 4.68 Å². The van der Waals surface area contributed by atoms with Gasteiger partial charge in [-0.05, 0) is 60.7 Å². The van der Waals surface area contributed by atoms with Gasteiger partial charge < -0.3 is 14.6 Å². The van der Waals surface area contributed by atoms with E-state index in [9.17, 15) is 4.79 Å². The lowest BCUT2D eigenvalue weighted by atomic mass is 10.2. The number of benzene rings is 2. The molecular formula is C20H18N6O3. The Hall–Kier alpha value is -4.01. The molecule has 1 amide bonds. The van der Waals surface area contributed by atoms with Gasteiger partial charge in [-0.1, -0.05) is 17.3 Å². The largest absolute Gasteiger partial charge is 0.489 e. The number of carbonyl (C=O) groups is 1. The summed E-state index contributed by atoms with van der Waals surface area (Å²) in [5.41, 5.74) is 3.54. The molecule has 0 radical (unpaired) electrons. The smallest absolute Gasteiger partial charge is 0.255 e. The Kier molecular flexibility index (Phi) is 5.02. The number of hydrogen-bond acceptors (Lipinski definition) is 7. The predicted octanol–water partition coefficient (Wildman–Crippen LogP) is 3.10. The lowest BCUT2D eigenvalue weighted by molar-refractivity contribution is 0.102. The number of ether oxygens (including phenoxy) is 1. The highest BCUT2D eigenvalue weighted by Gasteiger charge is 2.11. The molecule has 1 N–H and O–H groups in total. The molecule has 4 rings (SSSR count). The minimum Gasteiger partial charge on any atom is -0.489 e. The van der Waals surface area contributed by atoms with Crippen LogP contribution in [0.5, 0.6) is 5.75 Å². The minimum atomic E-state index is -0.248. The Morgan fingerprint density at radius 1 is 1.17 bits per heavy atom. The van der Waals surface area contributed by atoms with Crippen molar-refractivity contribution in [2.45, 2.75) is 20.5 Å². The maximum Gasteiger partial charge on any atom is 0.255 e. The molecule has 146 valence electrons. The van der Waals surface area contributed by atoms with Gasteiger partial charge in [-0.2, -0.15) is 0 Å². The van der Waals surface area contributed by atoms with Gasteiger partial charge in [0.05, 0.1) is 16.9 Å². The molecule has 0 bridgehead atoms. The van der Waals surface area contributed by atoms with Gasteiger partial charge in [0.1, 0.15) is 24.4 Å². The summed E-state index contributed by atoms with van der Waals surface area (Å²) >= 11 is 0. The van der Waals surface area contributed by atoms with Crippen LogP contribution in [0.4, 0.5) is 5.69 Å². The zero-order valence-corrected chi connectivity index (χ0v) is 15.9. The molecule has 29 heavy (non-hydrogen) atoms. The van der Waals surface area contributed by atoms with Gasteiger partial charge in [-0.3, -0.25) is 4.79 Å². The first-order valence-corrected chi connectivity index (χ1v) is 8.89. The topological polar surface area (TPSA) is 108 Å². The summed E-state index contributed by atoms with van der Waals surface area (Å²) in [5, 5.41) is 17.9. The molecule has 0 fully saturated rings. The van der Waals surface area contributed by atoms with Crippen molar-refractivity contribution in [2.24, 2.45) is 0 Å². The maximum atomic E-state index is 12.7. The van der Waals surface area contributed by atoms with Gasteiger partial charge >= 0.3 is 0 Å².